The summed E-state index contributed by atoms with van der Waals surface area (Å²) < 4.78 is 10.7. The second-order valence-electron chi connectivity index (χ2n) is 5.23. The molecular formula is C18H23NO3. The summed E-state index contributed by atoms with van der Waals surface area (Å²) in [6.07, 6.45) is -0.532. The Morgan fingerprint density at radius 1 is 1.05 bits per heavy atom. The molecule has 4 heteroatoms. The summed E-state index contributed by atoms with van der Waals surface area (Å²) >= 11 is 0. The van der Waals surface area contributed by atoms with E-state index in [1.54, 1.807) is 7.11 Å². The number of ether oxygens (including phenoxy) is 2. The molecule has 118 valence electrons. The predicted octanol–water partition coefficient (Wildman–Crippen LogP) is 2.71. The maximum atomic E-state index is 10.1. The lowest BCUT2D eigenvalue weighted by molar-refractivity contribution is 0.0324. The highest BCUT2D eigenvalue weighted by Gasteiger charge is 2.09. The zero-order valence-corrected chi connectivity index (χ0v) is 13.1. The van der Waals surface area contributed by atoms with Crippen LogP contribution in [0.3, 0.4) is 0 Å². The van der Waals surface area contributed by atoms with Crippen molar-refractivity contribution in [1.29, 1.82) is 0 Å². The van der Waals surface area contributed by atoms with E-state index < -0.39 is 6.10 Å². The van der Waals surface area contributed by atoms with E-state index in [1.807, 2.05) is 66.5 Å². The van der Waals surface area contributed by atoms with Gasteiger partial charge in [-0.1, -0.05) is 30.3 Å². The van der Waals surface area contributed by atoms with Crippen molar-refractivity contribution in [2.75, 3.05) is 32.2 Å². The van der Waals surface area contributed by atoms with Crippen LogP contribution < -0.4 is 9.64 Å². The Morgan fingerprint density at radius 2 is 1.73 bits per heavy atom. The van der Waals surface area contributed by atoms with Crippen molar-refractivity contribution >= 4 is 5.69 Å². The van der Waals surface area contributed by atoms with Crippen LogP contribution in [0.4, 0.5) is 5.69 Å². The van der Waals surface area contributed by atoms with Crippen LogP contribution in [0.5, 0.6) is 5.75 Å². The van der Waals surface area contributed by atoms with Gasteiger partial charge in [0.2, 0.25) is 0 Å². The number of hydrogen-bond acceptors (Lipinski definition) is 4. The number of benzene rings is 2. The maximum Gasteiger partial charge on any atom is 0.119 e. The van der Waals surface area contributed by atoms with Gasteiger partial charge in [0.15, 0.2) is 0 Å². The molecular weight excluding hydrogens is 278 g/mol. The Kier molecular flexibility index (Phi) is 6.25. The molecule has 0 spiro atoms. The first-order valence-electron chi connectivity index (χ1n) is 7.34. The third kappa shape index (κ3) is 5.06. The Labute approximate surface area is 131 Å². The van der Waals surface area contributed by atoms with Gasteiger partial charge in [-0.25, -0.2) is 0 Å². The third-order valence-corrected chi connectivity index (χ3v) is 3.42. The van der Waals surface area contributed by atoms with Gasteiger partial charge in [0.25, 0.3) is 0 Å². The van der Waals surface area contributed by atoms with Crippen molar-refractivity contribution in [1.82, 2.24) is 0 Å². The number of aliphatic hydroxyl groups excluding tert-OH is 1. The van der Waals surface area contributed by atoms with E-state index in [1.165, 1.54) is 0 Å². The predicted molar refractivity (Wildman–Crippen MR) is 88.4 cm³/mol. The highest BCUT2D eigenvalue weighted by atomic mass is 16.5. The highest BCUT2D eigenvalue weighted by molar-refractivity contribution is 5.48. The van der Waals surface area contributed by atoms with E-state index in [2.05, 4.69) is 0 Å². The lowest BCUT2D eigenvalue weighted by Crippen LogP contribution is -2.32. The SMILES string of the molecule is COc1ccc(N(C)CC(O)COCc2ccccc2)cc1. The molecule has 2 aromatic rings. The van der Waals surface area contributed by atoms with Crippen LogP contribution in [0.25, 0.3) is 0 Å². The van der Waals surface area contributed by atoms with Crippen molar-refractivity contribution in [2.24, 2.45) is 0 Å². The smallest absolute Gasteiger partial charge is 0.119 e. The summed E-state index contributed by atoms with van der Waals surface area (Å²) in [7, 11) is 3.59. The van der Waals surface area contributed by atoms with Gasteiger partial charge in [-0.15, -0.1) is 0 Å². The summed E-state index contributed by atoms with van der Waals surface area (Å²) in [4.78, 5) is 2.00. The van der Waals surface area contributed by atoms with Crippen molar-refractivity contribution in [2.45, 2.75) is 12.7 Å². The van der Waals surface area contributed by atoms with E-state index in [0.29, 0.717) is 19.8 Å². The molecule has 0 radical (unpaired) electrons. The average molecular weight is 301 g/mol. The molecule has 0 saturated heterocycles. The lowest BCUT2D eigenvalue weighted by atomic mass is 10.2. The van der Waals surface area contributed by atoms with Crippen LogP contribution >= 0.6 is 0 Å². The quantitative estimate of drug-likeness (QED) is 0.814. The fourth-order valence-corrected chi connectivity index (χ4v) is 2.20. The van der Waals surface area contributed by atoms with E-state index in [4.69, 9.17) is 9.47 Å². The maximum absolute atomic E-state index is 10.1. The topological polar surface area (TPSA) is 41.9 Å². The molecule has 0 saturated carbocycles. The van der Waals surface area contributed by atoms with Gasteiger partial charge < -0.3 is 19.5 Å². The molecule has 0 amide bonds. The molecule has 0 bridgehead atoms. The Balaban J connectivity index is 1.74. The molecule has 2 aromatic carbocycles. The van der Waals surface area contributed by atoms with Crippen molar-refractivity contribution in [3.8, 4) is 5.75 Å². The summed E-state index contributed by atoms with van der Waals surface area (Å²) in [6.45, 7) is 1.35. The normalized spacial score (nSPS) is 12.0. The zero-order valence-electron chi connectivity index (χ0n) is 13.1. The molecule has 0 aromatic heterocycles. The largest absolute Gasteiger partial charge is 0.497 e. The zero-order chi connectivity index (χ0) is 15.8. The molecule has 0 fully saturated rings. The molecule has 2 rings (SSSR count). The van der Waals surface area contributed by atoms with Crippen LogP contribution in [-0.2, 0) is 11.3 Å². The average Bonchev–Trinajstić information content (AvgIpc) is 2.56. The standard InChI is InChI=1S/C18H23NO3/c1-19(16-8-10-18(21-2)11-9-16)12-17(20)14-22-13-15-6-4-3-5-7-15/h3-11,17,20H,12-14H2,1-2H3. The number of likely N-dealkylation sites (N-methyl/N-ethyl adjacent to an activating group) is 1. The monoisotopic (exact) mass is 301 g/mol. The van der Waals surface area contributed by atoms with Crippen molar-refractivity contribution in [3.05, 3.63) is 60.2 Å². The van der Waals surface area contributed by atoms with Gasteiger partial charge >= 0.3 is 0 Å². The first-order chi connectivity index (χ1) is 10.7. The van der Waals surface area contributed by atoms with E-state index >= 15 is 0 Å². The van der Waals surface area contributed by atoms with Crippen LogP contribution in [0.1, 0.15) is 5.56 Å². The molecule has 1 N–H and O–H groups in total. The Bertz CT molecular complexity index is 542. The van der Waals surface area contributed by atoms with Crippen LogP contribution in [0.15, 0.2) is 54.6 Å². The molecule has 22 heavy (non-hydrogen) atoms. The van der Waals surface area contributed by atoms with Gasteiger partial charge in [-0.05, 0) is 29.8 Å². The van der Waals surface area contributed by atoms with Gasteiger partial charge in [0, 0.05) is 19.3 Å². The third-order valence-electron chi connectivity index (χ3n) is 3.42. The summed E-state index contributed by atoms with van der Waals surface area (Å²) in [5, 5.41) is 10.1. The Hall–Kier alpha value is -2.04. The second-order valence-corrected chi connectivity index (χ2v) is 5.23. The Morgan fingerprint density at radius 3 is 2.36 bits per heavy atom. The summed E-state index contributed by atoms with van der Waals surface area (Å²) in [6, 6.07) is 17.7. The van der Waals surface area contributed by atoms with E-state index in [9.17, 15) is 5.11 Å². The summed E-state index contributed by atoms with van der Waals surface area (Å²) in [5.41, 5.74) is 2.14. The van der Waals surface area contributed by atoms with Crippen molar-refractivity contribution < 1.29 is 14.6 Å². The van der Waals surface area contributed by atoms with Crippen LogP contribution in [0, 0.1) is 0 Å². The van der Waals surface area contributed by atoms with E-state index in [-0.39, 0.29) is 0 Å². The van der Waals surface area contributed by atoms with Gasteiger partial charge in [-0.3, -0.25) is 0 Å². The highest BCUT2D eigenvalue weighted by Crippen LogP contribution is 2.18. The van der Waals surface area contributed by atoms with Crippen LogP contribution in [0.2, 0.25) is 0 Å². The minimum Gasteiger partial charge on any atom is -0.497 e. The number of methoxy groups -OCH3 is 1. The molecule has 1 atom stereocenters. The fraction of sp³-hybridized carbons (Fsp3) is 0.333. The molecule has 0 heterocycles. The molecule has 4 nitrogen and oxygen atoms in total. The first-order valence-corrected chi connectivity index (χ1v) is 7.34. The van der Waals surface area contributed by atoms with Gasteiger partial charge in [-0.2, -0.15) is 0 Å². The molecule has 0 aliphatic carbocycles. The molecule has 0 aliphatic heterocycles. The second kappa shape index (κ2) is 8.41. The number of nitrogens with zero attached hydrogens (tertiary/aromatic N) is 1. The molecule has 0 aliphatic rings. The summed E-state index contributed by atoms with van der Waals surface area (Å²) in [5.74, 6) is 0.823. The lowest BCUT2D eigenvalue weighted by Gasteiger charge is -2.23. The first kappa shape index (κ1) is 16.3. The fourth-order valence-electron chi connectivity index (χ4n) is 2.20. The van der Waals surface area contributed by atoms with Crippen molar-refractivity contribution in [3.63, 3.8) is 0 Å². The number of rotatable bonds is 8. The van der Waals surface area contributed by atoms with Gasteiger partial charge in [0.05, 0.1) is 26.4 Å². The number of anilines is 1. The molecule has 1 unspecified atom stereocenters. The van der Waals surface area contributed by atoms with Gasteiger partial charge in [0.1, 0.15) is 5.75 Å². The van der Waals surface area contributed by atoms with E-state index in [0.717, 1.165) is 17.0 Å². The minimum atomic E-state index is -0.532. The number of aliphatic hydroxyl groups is 1. The number of hydrogen-bond donors (Lipinski definition) is 1. The minimum absolute atomic E-state index is 0.315. The van der Waals surface area contributed by atoms with Crippen LogP contribution in [-0.4, -0.2) is 38.5 Å².